The standard InChI is InChI=1S/C14H14Cl2N2O4/c15-10-3-1-9(2-4-10)7-22-8-11(19)5-18-6-12(16)13(20)17-14(18)21/h1-4,6,11,19H,5,7-8H2,(H,17,20,21). The summed E-state index contributed by atoms with van der Waals surface area (Å²) < 4.78 is 6.50. The fourth-order valence-corrected chi connectivity index (χ4v) is 2.08. The molecule has 2 aromatic rings. The van der Waals surface area contributed by atoms with Gasteiger partial charge in [0.2, 0.25) is 0 Å². The normalized spacial score (nSPS) is 12.3. The van der Waals surface area contributed by atoms with Gasteiger partial charge in [0.25, 0.3) is 5.56 Å². The van der Waals surface area contributed by atoms with E-state index in [1.54, 1.807) is 12.1 Å². The van der Waals surface area contributed by atoms with E-state index in [2.05, 4.69) is 4.98 Å². The van der Waals surface area contributed by atoms with Crippen molar-refractivity contribution in [2.45, 2.75) is 19.3 Å². The van der Waals surface area contributed by atoms with Crippen LogP contribution in [0.5, 0.6) is 0 Å². The Morgan fingerprint density at radius 3 is 2.59 bits per heavy atom. The van der Waals surface area contributed by atoms with E-state index in [0.29, 0.717) is 11.6 Å². The van der Waals surface area contributed by atoms with Crippen LogP contribution in [0.1, 0.15) is 5.56 Å². The molecule has 0 bridgehead atoms. The number of rotatable bonds is 6. The van der Waals surface area contributed by atoms with Gasteiger partial charge in [0.1, 0.15) is 5.02 Å². The molecule has 0 spiro atoms. The molecule has 1 atom stereocenters. The highest BCUT2D eigenvalue weighted by molar-refractivity contribution is 6.30. The molecule has 0 aliphatic rings. The number of nitrogens with one attached hydrogen (secondary N) is 1. The molecule has 1 aromatic carbocycles. The Hall–Kier alpha value is -1.60. The average Bonchev–Trinajstić information content (AvgIpc) is 2.47. The number of H-pyrrole nitrogens is 1. The molecule has 1 aromatic heterocycles. The first-order chi connectivity index (χ1) is 10.5. The summed E-state index contributed by atoms with van der Waals surface area (Å²) in [5.41, 5.74) is -0.372. The highest BCUT2D eigenvalue weighted by atomic mass is 35.5. The van der Waals surface area contributed by atoms with E-state index in [4.69, 9.17) is 27.9 Å². The van der Waals surface area contributed by atoms with Crippen molar-refractivity contribution in [1.29, 1.82) is 0 Å². The summed E-state index contributed by atoms with van der Waals surface area (Å²) in [7, 11) is 0. The van der Waals surface area contributed by atoms with Crippen molar-refractivity contribution >= 4 is 23.2 Å². The summed E-state index contributed by atoms with van der Waals surface area (Å²) in [4.78, 5) is 24.7. The third kappa shape index (κ3) is 4.71. The van der Waals surface area contributed by atoms with Crippen LogP contribution >= 0.6 is 23.2 Å². The number of aromatic nitrogens is 2. The van der Waals surface area contributed by atoms with Crippen LogP contribution in [0.2, 0.25) is 10.0 Å². The topological polar surface area (TPSA) is 84.3 Å². The summed E-state index contributed by atoms with van der Waals surface area (Å²) in [6, 6.07) is 7.14. The number of hydrogen-bond donors (Lipinski definition) is 2. The van der Waals surface area contributed by atoms with Gasteiger partial charge in [0.15, 0.2) is 0 Å². The van der Waals surface area contributed by atoms with Crippen LogP contribution in [0, 0.1) is 0 Å². The number of aliphatic hydroxyl groups is 1. The van der Waals surface area contributed by atoms with E-state index in [0.717, 1.165) is 10.1 Å². The Morgan fingerprint density at radius 1 is 1.23 bits per heavy atom. The first-order valence-corrected chi connectivity index (χ1v) is 7.21. The van der Waals surface area contributed by atoms with Crippen LogP contribution in [0.15, 0.2) is 40.1 Å². The molecular formula is C14H14Cl2N2O4. The van der Waals surface area contributed by atoms with E-state index in [9.17, 15) is 14.7 Å². The monoisotopic (exact) mass is 344 g/mol. The maximum absolute atomic E-state index is 11.5. The molecule has 118 valence electrons. The fourth-order valence-electron chi connectivity index (χ4n) is 1.79. The average molecular weight is 345 g/mol. The molecule has 22 heavy (non-hydrogen) atoms. The van der Waals surface area contributed by atoms with Gasteiger partial charge in [-0.15, -0.1) is 0 Å². The van der Waals surface area contributed by atoms with Gasteiger partial charge in [-0.2, -0.15) is 0 Å². The highest BCUT2D eigenvalue weighted by Crippen LogP contribution is 2.10. The molecule has 1 heterocycles. The van der Waals surface area contributed by atoms with Gasteiger partial charge in [0, 0.05) is 11.2 Å². The zero-order chi connectivity index (χ0) is 16.1. The summed E-state index contributed by atoms with van der Waals surface area (Å²) in [6.07, 6.45) is 0.275. The lowest BCUT2D eigenvalue weighted by Crippen LogP contribution is -2.34. The third-order valence-electron chi connectivity index (χ3n) is 2.87. The molecule has 6 nitrogen and oxygen atoms in total. The summed E-state index contributed by atoms with van der Waals surface area (Å²) >= 11 is 11.4. The number of aromatic amines is 1. The van der Waals surface area contributed by atoms with E-state index >= 15 is 0 Å². The van der Waals surface area contributed by atoms with Crippen molar-refractivity contribution in [3.05, 3.63) is 66.9 Å². The quantitative estimate of drug-likeness (QED) is 0.829. The Morgan fingerprint density at radius 2 is 1.91 bits per heavy atom. The van der Waals surface area contributed by atoms with Crippen LogP contribution in [-0.4, -0.2) is 27.4 Å². The molecule has 0 saturated carbocycles. The number of nitrogens with zero attached hydrogens (tertiary/aromatic N) is 1. The minimum Gasteiger partial charge on any atom is -0.389 e. The maximum atomic E-state index is 11.5. The lowest BCUT2D eigenvalue weighted by molar-refractivity contribution is 0.0197. The fraction of sp³-hybridized carbons (Fsp3) is 0.286. The lowest BCUT2D eigenvalue weighted by atomic mass is 10.2. The molecule has 2 rings (SSSR count). The number of aliphatic hydroxyl groups excluding tert-OH is 1. The summed E-state index contributed by atoms with van der Waals surface area (Å²) in [5, 5.41) is 10.4. The summed E-state index contributed by atoms with van der Waals surface area (Å²) in [6.45, 7) is 0.317. The molecule has 0 radical (unpaired) electrons. The largest absolute Gasteiger partial charge is 0.389 e. The van der Waals surface area contributed by atoms with Gasteiger partial charge in [-0.3, -0.25) is 14.3 Å². The third-order valence-corrected chi connectivity index (χ3v) is 3.39. The predicted octanol–water partition coefficient (Wildman–Crippen LogP) is 1.42. The first kappa shape index (κ1) is 16.8. The van der Waals surface area contributed by atoms with Crippen molar-refractivity contribution < 1.29 is 9.84 Å². The van der Waals surface area contributed by atoms with E-state index < -0.39 is 17.4 Å². The number of halogens is 2. The van der Waals surface area contributed by atoms with Crippen LogP contribution in [0.4, 0.5) is 0 Å². The molecule has 8 heteroatoms. The molecular weight excluding hydrogens is 331 g/mol. The SMILES string of the molecule is O=c1[nH]c(=O)n(CC(O)COCc2ccc(Cl)cc2)cc1Cl. The zero-order valence-electron chi connectivity index (χ0n) is 11.5. The van der Waals surface area contributed by atoms with Crippen LogP contribution in [0.25, 0.3) is 0 Å². The Balaban J connectivity index is 1.87. The summed E-state index contributed by atoms with van der Waals surface area (Å²) in [5.74, 6) is 0. The smallest absolute Gasteiger partial charge is 0.328 e. The minimum absolute atomic E-state index is 0.0318. The van der Waals surface area contributed by atoms with Crippen molar-refractivity contribution in [3.63, 3.8) is 0 Å². The van der Waals surface area contributed by atoms with Crippen LogP contribution in [-0.2, 0) is 17.9 Å². The highest BCUT2D eigenvalue weighted by Gasteiger charge is 2.09. The van der Waals surface area contributed by atoms with Crippen molar-refractivity contribution in [2.24, 2.45) is 0 Å². The minimum atomic E-state index is -0.910. The lowest BCUT2D eigenvalue weighted by Gasteiger charge is -2.13. The van der Waals surface area contributed by atoms with Crippen molar-refractivity contribution in [1.82, 2.24) is 9.55 Å². The van der Waals surface area contributed by atoms with Crippen LogP contribution in [0.3, 0.4) is 0 Å². The molecule has 0 fully saturated rings. The number of ether oxygens (including phenoxy) is 1. The molecule has 2 N–H and O–H groups in total. The van der Waals surface area contributed by atoms with Gasteiger partial charge in [-0.25, -0.2) is 4.79 Å². The van der Waals surface area contributed by atoms with Crippen molar-refractivity contribution in [2.75, 3.05) is 6.61 Å². The predicted molar refractivity (Wildman–Crippen MR) is 83.4 cm³/mol. The number of hydrogen-bond acceptors (Lipinski definition) is 4. The van der Waals surface area contributed by atoms with Crippen LogP contribution < -0.4 is 11.2 Å². The van der Waals surface area contributed by atoms with E-state index in [1.807, 2.05) is 12.1 Å². The number of benzene rings is 1. The van der Waals surface area contributed by atoms with Gasteiger partial charge in [-0.05, 0) is 17.7 Å². The second-order valence-electron chi connectivity index (χ2n) is 4.68. The van der Waals surface area contributed by atoms with Gasteiger partial charge in [-0.1, -0.05) is 35.3 Å². The van der Waals surface area contributed by atoms with Crippen molar-refractivity contribution in [3.8, 4) is 0 Å². The Bertz CT molecular complexity index is 740. The van der Waals surface area contributed by atoms with E-state index in [1.165, 1.54) is 6.20 Å². The van der Waals surface area contributed by atoms with E-state index in [-0.39, 0.29) is 18.2 Å². The Kier molecular flexibility index (Phi) is 5.79. The molecule has 0 aliphatic carbocycles. The second kappa shape index (κ2) is 7.60. The second-order valence-corrected chi connectivity index (χ2v) is 5.53. The molecule has 0 aliphatic heterocycles. The molecule has 0 amide bonds. The van der Waals surface area contributed by atoms with Gasteiger partial charge in [0.05, 0.1) is 25.9 Å². The molecule has 0 saturated heterocycles. The van der Waals surface area contributed by atoms with Gasteiger partial charge < -0.3 is 9.84 Å². The zero-order valence-corrected chi connectivity index (χ0v) is 13.0. The molecule has 1 unspecified atom stereocenters. The van der Waals surface area contributed by atoms with Gasteiger partial charge >= 0.3 is 5.69 Å². The maximum Gasteiger partial charge on any atom is 0.328 e. The first-order valence-electron chi connectivity index (χ1n) is 6.45. The Labute approximate surface area is 135 Å².